The molecule has 2 heterocycles. The van der Waals surface area contributed by atoms with E-state index in [0.717, 1.165) is 0 Å². The molecule has 0 spiro atoms. The van der Waals surface area contributed by atoms with Crippen LogP contribution in [-0.2, 0) is 7.05 Å². The maximum Gasteiger partial charge on any atom is 0.339 e. The average molecular weight is 269 g/mol. The summed E-state index contributed by atoms with van der Waals surface area (Å²) in [5.41, 5.74) is 0.773. The van der Waals surface area contributed by atoms with E-state index in [0.29, 0.717) is 5.69 Å². The third-order valence-electron chi connectivity index (χ3n) is 3.03. The minimum atomic E-state index is -1.11. The van der Waals surface area contributed by atoms with Gasteiger partial charge in [0.05, 0.1) is 11.3 Å². The number of aromatic nitrogens is 3. The highest BCUT2D eigenvalue weighted by molar-refractivity contribution is 5.94. The topological polar surface area (TPSA) is 77.1 Å². The standard InChI is InChI=1S/C14H11N3O3/c1-16-7-10-12(11(8-16)14(19)20)15-17(13(10)18)9-5-3-2-4-6-9/h2-8H,1H3,(H,19,20). The lowest BCUT2D eigenvalue weighted by Crippen LogP contribution is -2.14. The lowest BCUT2D eigenvalue weighted by Gasteiger charge is -2.04. The molecule has 2 aliphatic rings. The Labute approximate surface area is 113 Å². The minimum Gasteiger partial charge on any atom is -0.478 e. The van der Waals surface area contributed by atoms with Crippen molar-refractivity contribution in [2.24, 2.45) is 7.05 Å². The van der Waals surface area contributed by atoms with E-state index in [1.165, 1.54) is 10.9 Å². The zero-order chi connectivity index (χ0) is 14.3. The van der Waals surface area contributed by atoms with Gasteiger partial charge in [-0.3, -0.25) is 4.79 Å². The van der Waals surface area contributed by atoms with Gasteiger partial charge in [0.1, 0.15) is 11.3 Å². The van der Waals surface area contributed by atoms with Crippen LogP contribution in [0.5, 0.6) is 0 Å². The smallest absolute Gasteiger partial charge is 0.339 e. The summed E-state index contributed by atoms with van der Waals surface area (Å²) in [7, 11) is 1.67. The summed E-state index contributed by atoms with van der Waals surface area (Å²) in [5, 5.41) is 13.4. The maximum absolute atomic E-state index is 12.4. The molecular formula is C14H11N3O3. The normalized spacial score (nSPS) is 10.8. The molecule has 6 heteroatoms. The van der Waals surface area contributed by atoms with Crippen molar-refractivity contribution < 1.29 is 9.90 Å². The van der Waals surface area contributed by atoms with Gasteiger partial charge in [-0.05, 0) is 12.1 Å². The van der Waals surface area contributed by atoms with E-state index in [4.69, 9.17) is 0 Å². The number of benzene rings is 1. The third-order valence-corrected chi connectivity index (χ3v) is 3.03. The number of nitrogens with zero attached hydrogens (tertiary/aromatic N) is 3. The number of rotatable bonds is 2. The lowest BCUT2D eigenvalue weighted by atomic mass is 10.1. The zero-order valence-electron chi connectivity index (χ0n) is 10.6. The highest BCUT2D eigenvalue weighted by Crippen LogP contribution is 2.21. The Balaban J connectivity index is 2.35. The van der Waals surface area contributed by atoms with Crippen molar-refractivity contribution >= 4 is 5.97 Å². The molecule has 0 aromatic heterocycles. The molecule has 0 fully saturated rings. The van der Waals surface area contributed by atoms with Gasteiger partial charge in [0.25, 0.3) is 5.56 Å². The van der Waals surface area contributed by atoms with Crippen LogP contribution in [0.4, 0.5) is 0 Å². The van der Waals surface area contributed by atoms with E-state index in [2.05, 4.69) is 5.10 Å². The number of pyridine rings is 1. The van der Waals surface area contributed by atoms with Crippen molar-refractivity contribution in [1.29, 1.82) is 0 Å². The van der Waals surface area contributed by atoms with Crippen LogP contribution in [0, 0.1) is 0 Å². The fourth-order valence-electron chi connectivity index (χ4n) is 2.14. The molecule has 0 amide bonds. The maximum atomic E-state index is 12.4. The molecule has 0 atom stereocenters. The van der Waals surface area contributed by atoms with E-state index in [1.807, 2.05) is 6.07 Å². The number of aryl methyl sites for hydroxylation is 1. The minimum absolute atomic E-state index is 0.0109. The summed E-state index contributed by atoms with van der Waals surface area (Å²) in [6.45, 7) is 0. The van der Waals surface area contributed by atoms with Crippen LogP contribution in [0.2, 0.25) is 0 Å². The first kappa shape index (κ1) is 12.2. The highest BCUT2D eigenvalue weighted by atomic mass is 16.4. The quantitative estimate of drug-likeness (QED) is 0.762. The molecule has 100 valence electrons. The molecule has 6 nitrogen and oxygen atoms in total. The average Bonchev–Trinajstić information content (AvgIpc) is 2.76. The lowest BCUT2D eigenvalue weighted by molar-refractivity contribution is 0.0696. The van der Waals surface area contributed by atoms with Gasteiger partial charge in [0, 0.05) is 19.4 Å². The molecule has 0 unspecified atom stereocenters. The number of hydrogen-bond donors (Lipinski definition) is 1. The molecule has 0 saturated carbocycles. The Hall–Kier alpha value is -2.89. The first-order valence-electron chi connectivity index (χ1n) is 5.95. The Kier molecular flexibility index (Phi) is 2.64. The first-order chi connectivity index (χ1) is 9.58. The number of fused-ring (bicyclic) bond motifs is 1. The van der Waals surface area contributed by atoms with Gasteiger partial charge >= 0.3 is 5.97 Å². The van der Waals surface area contributed by atoms with Crippen LogP contribution < -0.4 is 5.56 Å². The fraction of sp³-hybridized carbons (Fsp3) is 0.0714. The largest absolute Gasteiger partial charge is 0.478 e. The van der Waals surface area contributed by atoms with Crippen LogP contribution in [-0.4, -0.2) is 25.4 Å². The molecule has 1 aromatic carbocycles. The third kappa shape index (κ3) is 1.78. The van der Waals surface area contributed by atoms with Gasteiger partial charge in [-0.25, -0.2) is 4.79 Å². The van der Waals surface area contributed by atoms with E-state index in [9.17, 15) is 14.7 Å². The summed E-state index contributed by atoms with van der Waals surface area (Å²) in [4.78, 5) is 23.6. The number of carboxylic acids is 1. The SMILES string of the molecule is Cn1cc(C(=O)O)c2nn(-c3ccccc3)c(=O)c-2c1. The van der Waals surface area contributed by atoms with Crippen LogP contribution in [0.25, 0.3) is 16.9 Å². The molecule has 0 aliphatic carbocycles. The number of hydrogen-bond acceptors (Lipinski definition) is 3. The Bertz CT molecular complexity index is 818. The first-order valence-corrected chi connectivity index (χ1v) is 5.95. The van der Waals surface area contributed by atoms with Crippen LogP contribution in [0.1, 0.15) is 10.4 Å². The number of carboxylic acid groups (broad SMARTS) is 1. The summed E-state index contributed by atoms with van der Waals surface area (Å²) in [6.07, 6.45) is 3.02. The number of aromatic carboxylic acids is 1. The molecular weight excluding hydrogens is 258 g/mol. The molecule has 0 saturated heterocycles. The summed E-state index contributed by atoms with van der Waals surface area (Å²) >= 11 is 0. The number of para-hydroxylation sites is 1. The highest BCUT2D eigenvalue weighted by Gasteiger charge is 2.23. The molecule has 0 radical (unpaired) electrons. The second kappa shape index (κ2) is 4.34. The van der Waals surface area contributed by atoms with Gasteiger partial charge in [-0.1, -0.05) is 18.2 Å². The second-order valence-electron chi connectivity index (χ2n) is 4.46. The van der Waals surface area contributed by atoms with Crippen molar-refractivity contribution in [3.8, 4) is 16.9 Å². The van der Waals surface area contributed by atoms with Crippen LogP contribution >= 0.6 is 0 Å². The van der Waals surface area contributed by atoms with Gasteiger partial charge in [-0.2, -0.15) is 9.78 Å². The molecule has 20 heavy (non-hydrogen) atoms. The van der Waals surface area contributed by atoms with Crippen molar-refractivity contribution in [2.75, 3.05) is 0 Å². The van der Waals surface area contributed by atoms with Gasteiger partial charge in [-0.15, -0.1) is 0 Å². The molecule has 1 N–H and O–H groups in total. The van der Waals surface area contributed by atoms with E-state index >= 15 is 0 Å². The second-order valence-corrected chi connectivity index (χ2v) is 4.46. The summed E-state index contributed by atoms with van der Waals surface area (Å²) < 4.78 is 2.77. The van der Waals surface area contributed by atoms with E-state index < -0.39 is 5.97 Å². The number of carbonyl (C=O) groups is 1. The van der Waals surface area contributed by atoms with E-state index in [-0.39, 0.29) is 22.4 Å². The summed E-state index contributed by atoms with van der Waals surface area (Å²) in [6, 6.07) is 8.90. The Morgan fingerprint density at radius 2 is 1.90 bits per heavy atom. The monoisotopic (exact) mass is 269 g/mol. The van der Waals surface area contributed by atoms with Gasteiger partial charge in [0.15, 0.2) is 0 Å². The van der Waals surface area contributed by atoms with Gasteiger partial charge < -0.3 is 9.67 Å². The zero-order valence-corrected chi connectivity index (χ0v) is 10.6. The summed E-state index contributed by atoms with van der Waals surface area (Å²) in [5.74, 6) is -1.11. The predicted octanol–water partition coefficient (Wildman–Crippen LogP) is 1.37. The van der Waals surface area contributed by atoms with Crippen LogP contribution in [0.15, 0.2) is 47.5 Å². The van der Waals surface area contributed by atoms with Crippen molar-refractivity contribution in [2.45, 2.75) is 0 Å². The van der Waals surface area contributed by atoms with Gasteiger partial charge in [0.2, 0.25) is 0 Å². The molecule has 3 rings (SSSR count). The molecule has 0 bridgehead atoms. The fourth-order valence-corrected chi connectivity index (χ4v) is 2.14. The Morgan fingerprint density at radius 3 is 2.55 bits per heavy atom. The molecule has 2 aliphatic heterocycles. The van der Waals surface area contributed by atoms with Crippen molar-refractivity contribution in [3.05, 3.63) is 58.6 Å². The molecule has 1 aromatic rings. The Morgan fingerprint density at radius 1 is 1.20 bits per heavy atom. The predicted molar refractivity (Wildman–Crippen MR) is 72.4 cm³/mol. The van der Waals surface area contributed by atoms with Crippen molar-refractivity contribution in [3.63, 3.8) is 0 Å². The van der Waals surface area contributed by atoms with Crippen molar-refractivity contribution in [1.82, 2.24) is 14.3 Å². The van der Waals surface area contributed by atoms with E-state index in [1.54, 1.807) is 42.1 Å². The van der Waals surface area contributed by atoms with Crippen LogP contribution in [0.3, 0.4) is 0 Å².